The first-order valence-corrected chi connectivity index (χ1v) is 10.3. The summed E-state index contributed by atoms with van der Waals surface area (Å²) >= 11 is 0. The predicted octanol–water partition coefficient (Wildman–Crippen LogP) is 4.30. The van der Waals surface area contributed by atoms with E-state index in [9.17, 15) is 5.11 Å². The number of aromatic nitrogens is 4. The number of nitrogens with zero attached hydrogens (tertiary/aromatic N) is 4. The fraction of sp³-hybridized carbons (Fsp3) is 0.115. The zero-order valence-corrected chi connectivity index (χ0v) is 17.6. The Balaban J connectivity index is 1.70. The molecule has 0 aliphatic rings. The fourth-order valence-electron chi connectivity index (χ4n) is 4.01. The first-order valence-electron chi connectivity index (χ1n) is 10.3. The number of aliphatic hydroxyl groups is 1. The summed E-state index contributed by atoms with van der Waals surface area (Å²) in [6.07, 6.45) is 3.55. The first kappa shape index (κ1) is 19.9. The number of hydrogen-bond acceptors (Lipinski definition) is 5. The van der Waals surface area contributed by atoms with Crippen LogP contribution in [0.5, 0.6) is 5.75 Å². The standard InChI is InChI=1S/C26H22N4O2/c1-32-22-14-12-20(13-15-22)26(31,16-19-8-4-2-5-9-19)24-23-17-29-30(25(23)28-18-27-24)21-10-6-3-7-11-21/h2-15,17-18,31H,16H2,1H3. The van der Waals surface area contributed by atoms with Gasteiger partial charge in [-0.25, -0.2) is 14.6 Å². The minimum atomic E-state index is -1.39. The van der Waals surface area contributed by atoms with Crippen LogP contribution in [0.1, 0.15) is 16.8 Å². The van der Waals surface area contributed by atoms with Crippen LogP contribution in [0.25, 0.3) is 16.7 Å². The molecular formula is C26H22N4O2. The van der Waals surface area contributed by atoms with Gasteiger partial charge in [0.25, 0.3) is 0 Å². The third-order valence-corrected chi connectivity index (χ3v) is 5.63. The number of benzene rings is 3. The highest BCUT2D eigenvalue weighted by Gasteiger charge is 2.36. The van der Waals surface area contributed by atoms with Gasteiger partial charge in [0.05, 0.1) is 30.1 Å². The molecular weight excluding hydrogens is 400 g/mol. The van der Waals surface area contributed by atoms with E-state index < -0.39 is 5.60 Å². The molecule has 1 N–H and O–H groups in total. The van der Waals surface area contributed by atoms with Crippen LogP contribution in [0.4, 0.5) is 0 Å². The van der Waals surface area contributed by atoms with Crippen molar-refractivity contribution >= 4 is 11.0 Å². The molecule has 158 valence electrons. The van der Waals surface area contributed by atoms with E-state index in [0.29, 0.717) is 23.1 Å². The SMILES string of the molecule is COc1ccc(C(O)(Cc2ccccc2)c2ncnc3c2cnn3-c2ccccc2)cc1. The maximum Gasteiger partial charge on any atom is 0.166 e. The molecule has 0 amide bonds. The molecule has 0 saturated carbocycles. The number of methoxy groups -OCH3 is 1. The average molecular weight is 422 g/mol. The molecule has 0 aliphatic carbocycles. The third kappa shape index (κ3) is 3.50. The molecule has 2 aromatic heterocycles. The van der Waals surface area contributed by atoms with Gasteiger partial charge in [0, 0.05) is 6.42 Å². The van der Waals surface area contributed by atoms with Gasteiger partial charge >= 0.3 is 0 Å². The van der Waals surface area contributed by atoms with E-state index in [0.717, 1.165) is 22.6 Å². The maximum absolute atomic E-state index is 12.2. The van der Waals surface area contributed by atoms with E-state index in [2.05, 4.69) is 15.1 Å². The summed E-state index contributed by atoms with van der Waals surface area (Å²) in [4.78, 5) is 9.03. The third-order valence-electron chi connectivity index (χ3n) is 5.63. The molecule has 0 fully saturated rings. The second-order valence-corrected chi connectivity index (χ2v) is 7.60. The zero-order valence-electron chi connectivity index (χ0n) is 17.6. The van der Waals surface area contributed by atoms with E-state index >= 15 is 0 Å². The predicted molar refractivity (Wildman–Crippen MR) is 123 cm³/mol. The summed E-state index contributed by atoms with van der Waals surface area (Å²) < 4.78 is 7.07. The van der Waals surface area contributed by atoms with Crippen LogP contribution in [-0.4, -0.2) is 32.0 Å². The second-order valence-electron chi connectivity index (χ2n) is 7.60. The van der Waals surface area contributed by atoms with Gasteiger partial charge in [-0.1, -0.05) is 60.7 Å². The zero-order chi connectivity index (χ0) is 22.0. The lowest BCUT2D eigenvalue weighted by molar-refractivity contribution is 0.0780. The van der Waals surface area contributed by atoms with E-state index in [1.165, 1.54) is 6.33 Å². The Morgan fingerprint density at radius 1 is 0.875 bits per heavy atom. The van der Waals surface area contributed by atoms with E-state index in [-0.39, 0.29) is 0 Å². The summed E-state index contributed by atoms with van der Waals surface area (Å²) in [5.41, 5.74) is 2.37. The summed E-state index contributed by atoms with van der Waals surface area (Å²) in [7, 11) is 1.62. The normalized spacial score (nSPS) is 13.1. The summed E-state index contributed by atoms with van der Waals surface area (Å²) in [5, 5.41) is 17.4. The van der Waals surface area contributed by atoms with Crippen molar-refractivity contribution in [2.24, 2.45) is 0 Å². The molecule has 5 rings (SSSR count). The van der Waals surface area contributed by atoms with Gasteiger partial charge in [-0.3, -0.25) is 0 Å². The summed E-state index contributed by atoms with van der Waals surface area (Å²) in [6.45, 7) is 0. The molecule has 1 atom stereocenters. The lowest BCUT2D eigenvalue weighted by Crippen LogP contribution is -2.31. The molecule has 1 unspecified atom stereocenters. The highest BCUT2D eigenvalue weighted by atomic mass is 16.5. The maximum atomic E-state index is 12.2. The van der Waals surface area contributed by atoms with Crippen LogP contribution >= 0.6 is 0 Å². The summed E-state index contributed by atoms with van der Waals surface area (Å²) in [5.74, 6) is 0.723. The monoisotopic (exact) mass is 422 g/mol. The van der Waals surface area contributed by atoms with E-state index in [1.807, 2.05) is 84.9 Å². The average Bonchev–Trinajstić information content (AvgIpc) is 3.29. The van der Waals surface area contributed by atoms with Crippen molar-refractivity contribution in [3.8, 4) is 11.4 Å². The number of fused-ring (bicyclic) bond motifs is 1. The van der Waals surface area contributed by atoms with Crippen molar-refractivity contribution in [1.29, 1.82) is 0 Å². The molecule has 0 spiro atoms. The Bertz CT molecular complexity index is 1340. The largest absolute Gasteiger partial charge is 0.497 e. The molecule has 0 radical (unpaired) electrons. The molecule has 0 saturated heterocycles. The van der Waals surface area contributed by atoms with Crippen molar-refractivity contribution in [3.05, 3.63) is 114 Å². The van der Waals surface area contributed by atoms with Gasteiger partial charge in [-0.2, -0.15) is 5.10 Å². The van der Waals surface area contributed by atoms with Crippen molar-refractivity contribution < 1.29 is 9.84 Å². The van der Waals surface area contributed by atoms with Crippen LogP contribution in [0.3, 0.4) is 0 Å². The Kier molecular flexibility index (Phi) is 5.13. The molecule has 5 aromatic rings. The Hall–Kier alpha value is -4.03. The molecule has 0 aliphatic heterocycles. The highest BCUT2D eigenvalue weighted by molar-refractivity contribution is 5.80. The Morgan fingerprint density at radius 2 is 1.56 bits per heavy atom. The van der Waals surface area contributed by atoms with Gasteiger partial charge in [-0.05, 0) is 35.4 Å². The van der Waals surface area contributed by atoms with E-state index in [4.69, 9.17) is 4.74 Å². The van der Waals surface area contributed by atoms with Crippen molar-refractivity contribution in [2.75, 3.05) is 7.11 Å². The van der Waals surface area contributed by atoms with Crippen LogP contribution in [-0.2, 0) is 12.0 Å². The molecule has 6 heteroatoms. The lowest BCUT2D eigenvalue weighted by atomic mass is 9.83. The van der Waals surface area contributed by atoms with Crippen LogP contribution in [0.15, 0.2) is 97.5 Å². The van der Waals surface area contributed by atoms with Crippen LogP contribution in [0.2, 0.25) is 0 Å². The lowest BCUT2D eigenvalue weighted by Gasteiger charge is -2.29. The van der Waals surface area contributed by atoms with Gasteiger partial charge in [-0.15, -0.1) is 0 Å². The molecule has 32 heavy (non-hydrogen) atoms. The number of rotatable bonds is 6. The second kappa shape index (κ2) is 8.24. The van der Waals surface area contributed by atoms with Crippen molar-refractivity contribution in [3.63, 3.8) is 0 Å². The quantitative estimate of drug-likeness (QED) is 0.442. The number of para-hydroxylation sites is 1. The topological polar surface area (TPSA) is 73.1 Å². The number of ether oxygens (including phenoxy) is 1. The fourth-order valence-corrected chi connectivity index (χ4v) is 4.01. The van der Waals surface area contributed by atoms with Gasteiger partial charge in [0.15, 0.2) is 5.65 Å². The van der Waals surface area contributed by atoms with Crippen molar-refractivity contribution in [1.82, 2.24) is 19.7 Å². The first-order chi connectivity index (χ1) is 15.7. The van der Waals surface area contributed by atoms with E-state index in [1.54, 1.807) is 18.0 Å². The molecule has 2 heterocycles. The highest BCUT2D eigenvalue weighted by Crippen LogP contribution is 2.36. The van der Waals surface area contributed by atoms with Crippen LogP contribution < -0.4 is 4.74 Å². The Labute approximate surface area is 185 Å². The minimum absolute atomic E-state index is 0.350. The Morgan fingerprint density at radius 3 is 2.25 bits per heavy atom. The molecule has 3 aromatic carbocycles. The minimum Gasteiger partial charge on any atom is -0.497 e. The van der Waals surface area contributed by atoms with Gasteiger partial charge < -0.3 is 9.84 Å². The summed E-state index contributed by atoms with van der Waals surface area (Å²) in [6, 6.07) is 27.1. The molecule has 0 bridgehead atoms. The number of hydrogen-bond donors (Lipinski definition) is 1. The van der Waals surface area contributed by atoms with Crippen LogP contribution in [0, 0.1) is 0 Å². The smallest absolute Gasteiger partial charge is 0.166 e. The molecule has 6 nitrogen and oxygen atoms in total. The van der Waals surface area contributed by atoms with Gasteiger partial charge in [0.2, 0.25) is 0 Å². The van der Waals surface area contributed by atoms with Gasteiger partial charge in [0.1, 0.15) is 17.7 Å². The van der Waals surface area contributed by atoms with Crippen molar-refractivity contribution in [2.45, 2.75) is 12.0 Å².